The Balaban J connectivity index is 2.44. The van der Waals surface area contributed by atoms with Crippen molar-refractivity contribution in [3.8, 4) is 0 Å². The van der Waals surface area contributed by atoms with Crippen LogP contribution in [0.5, 0.6) is 0 Å². The van der Waals surface area contributed by atoms with E-state index in [0.717, 1.165) is 32.4 Å². The van der Waals surface area contributed by atoms with Crippen molar-refractivity contribution in [2.75, 3.05) is 19.7 Å². The molecule has 4 heteroatoms. The predicted octanol–water partition coefficient (Wildman–Crippen LogP) is 0.345. The first-order valence-electron chi connectivity index (χ1n) is 5.84. The maximum Gasteiger partial charge on any atom is 0.239 e. The molecule has 0 saturated carbocycles. The standard InChI is InChI=1S/C11H22N2O2/c1-2-10(12)11(15)13-6-3-4-9(8-13)5-7-14/h9-10,14H,2-8,12H2,1H3/t9?,10-/m1/s1. The van der Waals surface area contributed by atoms with E-state index >= 15 is 0 Å². The van der Waals surface area contributed by atoms with Crippen molar-refractivity contribution in [2.45, 2.75) is 38.6 Å². The molecule has 0 aromatic heterocycles. The van der Waals surface area contributed by atoms with E-state index in [1.165, 1.54) is 0 Å². The van der Waals surface area contributed by atoms with E-state index in [-0.39, 0.29) is 18.6 Å². The highest BCUT2D eigenvalue weighted by atomic mass is 16.3. The molecular formula is C11H22N2O2. The summed E-state index contributed by atoms with van der Waals surface area (Å²) in [6.07, 6.45) is 3.64. The number of hydrogen-bond donors (Lipinski definition) is 2. The lowest BCUT2D eigenvalue weighted by Crippen LogP contribution is -2.47. The molecule has 1 saturated heterocycles. The van der Waals surface area contributed by atoms with Crippen LogP contribution < -0.4 is 5.73 Å². The van der Waals surface area contributed by atoms with Crippen LogP contribution in [0.4, 0.5) is 0 Å². The van der Waals surface area contributed by atoms with Gasteiger partial charge in [-0.05, 0) is 31.6 Å². The van der Waals surface area contributed by atoms with Crippen LogP contribution >= 0.6 is 0 Å². The van der Waals surface area contributed by atoms with E-state index in [2.05, 4.69) is 0 Å². The molecule has 1 amide bonds. The van der Waals surface area contributed by atoms with E-state index in [1.54, 1.807) is 0 Å². The first-order valence-corrected chi connectivity index (χ1v) is 5.84. The van der Waals surface area contributed by atoms with Gasteiger partial charge in [-0.2, -0.15) is 0 Å². The molecular weight excluding hydrogens is 192 g/mol. The van der Waals surface area contributed by atoms with Gasteiger partial charge in [-0.1, -0.05) is 6.92 Å². The molecule has 0 aliphatic carbocycles. The minimum atomic E-state index is -0.349. The summed E-state index contributed by atoms with van der Waals surface area (Å²) in [5, 5.41) is 8.87. The summed E-state index contributed by atoms with van der Waals surface area (Å²) in [4.78, 5) is 13.7. The van der Waals surface area contributed by atoms with Gasteiger partial charge in [0.05, 0.1) is 6.04 Å². The van der Waals surface area contributed by atoms with Gasteiger partial charge in [0.15, 0.2) is 0 Å². The molecule has 1 rings (SSSR count). The molecule has 1 aliphatic heterocycles. The Morgan fingerprint density at radius 1 is 1.67 bits per heavy atom. The lowest BCUT2D eigenvalue weighted by molar-refractivity contribution is -0.134. The number of carbonyl (C=O) groups is 1. The Morgan fingerprint density at radius 2 is 2.40 bits per heavy atom. The zero-order valence-electron chi connectivity index (χ0n) is 9.48. The van der Waals surface area contributed by atoms with Gasteiger partial charge < -0.3 is 15.7 Å². The van der Waals surface area contributed by atoms with Gasteiger partial charge >= 0.3 is 0 Å². The third kappa shape index (κ3) is 3.47. The summed E-state index contributed by atoms with van der Waals surface area (Å²) < 4.78 is 0. The Kier molecular flexibility index (Phi) is 5.05. The fourth-order valence-electron chi connectivity index (χ4n) is 2.09. The van der Waals surface area contributed by atoms with Crippen LogP contribution in [0.2, 0.25) is 0 Å². The zero-order valence-corrected chi connectivity index (χ0v) is 9.48. The second-order valence-electron chi connectivity index (χ2n) is 4.32. The number of amides is 1. The Hall–Kier alpha value is -0.610. The molecule has 88 valence electrons. The zero-order chi connectivity index (χ0) is 11.3. The first kappa shape index (κ1) is 12.5. The molecule has 0 spiro atoms. The van der Waals surface area contributed by atoms with E-state index in [4.69, 9.17) is 10.8 Å². The van der Waals surface area contributed by atoms with E-state index in [0.29, 0.717) is 12.3 Å². The van der Waals surface area contributed by atoms with Gasteiger partial charge in [0, 0.05) is 19.7 Å². The number of likely N-dealkylation sites (tertiary alicyclic amines) is 1. The summed E-state index contributed by atoms with van der Waals surface area (Å²) in [6, 6.07) is -0.349. The number of aliphatic hydroxyl groups is 1. The molecule has 2 atom stereocenters. The van der Waals surface area contributed by atoms with Crippen LogP contribution in [0.3, 0.4) is 0 Å². The SMILES string of the molecule is CC[C@@H](N)C(=O)N1CCCC(CCO)C1. The minimum absolute atomic E-state index is 0.0696. The first-order chi connectivity index (χ1) is 7.19. The lowest BCUT2D eigenvalue weighted by atomic mass is 9.94. The van der Waals surface area contributed by atoms with Crippen LogP contribution in [-0.4, -0.2) is 41.7 Å². The number of carbonyl (C=O) groups excluding carboxylic acids is 1. The van der Waals surface area contributed by atoms with Crippen molar-refractivity contribution in [2.24, 2.45) is 11.7 Å². The molecule has 3 N–H and O–H groups in total. The van der Waals surface area contributed by atoms with Crippen LogP contribution in [0.15, 0.2) is 0 Å². The average molecular weight is 214 g/mol. The van der Waals surface area contributed by atoms with Gasteiger partial charge in [-0.3, -0.25) is 4.79 Å². The van der Waals surface area contributed by atoms with Crippen LogP contribution in [0, 0.1) is 5.92 Å². The fourth-order valence-corrected chi connectivity index (χ4v) is 2.09. The molecule has 0 aromatic rings. The Bertz CT molecular complexity index is 207. The third-order valence-corrected chi connectivity index (χ3v) is 3.13. The summed E-state index contributed by atoms with van der Waals surface area (Å²) in [5.41, 5.74) is 5.73. The van der Waals surface area contributed by atoms with Crippen molar-refractivity contribution in [3.63, 3.8) is 0 Å². The van der Waals surface area contributed by atoms with Gasteiger partial charge in [0.2, 0.25) is 5.91 Å². The van der Waals surface area contributed by atoms with Gasteiger partial charge in [0.1, 0.15) is 0 Å². The molecule has 15 heavy (non-hydrogen) atoms. The topological polar surface area (TPSA) is 66.6 Å². The predicted molar refractivity (Wildman–Crippen MR) is 59.3 cm³/mol. The van der Waals surface area contributed by atoms with Crippen LogP contribution in [-0.2, 0) is 4.79 Å². The van der Waals surface area contributed by atoms with Crippen molar-refractivity contribution in [1.29, 1.82) is 0 Å². The van der Waals surface area contributed by atoms with Crippen LogP contribution in [0.25, 0.3) is 0 Å². The smallest absolute Gasteiger partial charge is 0.239 e. The number of piperidine rings is 1. The van der Waals surface area contributed by atoms with Gasteiger partial charge in [0.25, 0.3) is 0 Å². The molecule has 0 radical (unpaired) electrons. The lowest BCUT2D eigenvalue weighted by Gasteiger charge is -2.34. The van der Waals surface area contributed by atoms with Crippen molar-refractivity contribution >= 4 is 5.91 Å². The number of nitrogens with two attached hydrogens (primary N) is 1. The maximum atomic E-state index is 11.8. The number of aliphatic hydroxyl groups excluding tert-OH is 1. The van der Waals surface area contributed by atoms with E-state index < -0.39 is 0 Å². The van der Waals surface area contributed by atoms with E-state index in [1.807, 2.05) is 11.8 Å². The quantitative estimate of drug-likeness (QED) is 0.709. The Morgan fingerprint density at radius 3 is 3.00 bits per heavy atom. The number of nitrogens with zero attached hydrogens (tertiary/aromatic N) is 1. The summed E-state index contributed by atoms with van der Waals surface area (Å²) in [7, 11) is 0. The van der Waals surface area contributed by atoms with Crippen molar-refractivity contribution in [1.82, 2.24) is 4.90 Å². The highest BCUT2D eigenvalue weighted by molar-refractivity contribution is 5.81. The molecule has 1 aliphatic rings. The fraction of sp³-hybridized carbons (Fsp3) is 0.909. The minimum Gasteiger partial charge on any atom is -0.396 e. The molecule has 1 heterocycles. The molecule has 0 aromatic carbocycles. The second kappa shape index (κ2) is 6.08. The van der Waals surface area contributed by atoms with E-state index in [9.17, 15) is 4.79 Å². The van der Waals surface area contributed by atoms with Gasteiger partial charge in [-0.15, -0.1) is 0 Å². The Labute approximate surface area is 91.4 Å². The largest absolute Gasteiger partial charge is 0.396 e. The summed E-state index contributed by atoms with van der Waals surface area (Å²) in [6.45, 7) is 3.74. The van der Waals surface area contributed by atoms with Crippen molar-refractivity contribution < 1.29 is 9.90 Å². The molecule has 0 bridgehead atoms. The molecule has 1 fully saturated rings. The summed E-state index contributed by atoms with van der Waals surface area (Å²) >= 11 is 0. The van der Waals surface area contributed by atoms with Gasteiger partial charge in [-0.25, -0.2) is 0 Å². The number of hydrogen-bond acceptors (Lipinski definition) is 3. The van der Waals surface area contributed by atoms with Crippen molar-refractivity contribution in [3.05, 3.63) is 0 Å². The maximum absolute atomic E-state index is 11.8. The summed E-state index contributed by atoms with van der Waals surface area (Å²) in [5.74, 6) is 0.525. The number of rotatable bonds is 4. The second-order valence-corrected chi connectivity index (χ2v) is 4.32. The van der Waals surface area contributed by atoms with Crippen LogP contribution in [0.1, 0.15) is 32.6 Å². The highest BCUT2D eigenvalue weighted by Crippen LogP contribution is 2.19. The average Bonchev–Trinajstić information content (AvgIpc) is 2.28. The normalized spacial score (nSPS) is 23.9. The molecule has 4 nitrogen and oxygen atoms in total. The third-order valence-electron chi connectivity index (χ3n) is 3.13. The monoisotopic (exact) mass is 214 g/mol. The highest BCUT2D eigenvalue weighted by Gasteiger charge is 2.25. The molecule has 1 unspecified atom stereocenters.